The number of nitrogens with zero attached hydrogens (tertiary/aromatic N) is 2. The predicted octanol–water partition coefficient (Wildman–Crippen LogP) is 2.45. The van der Waals surface area contributed by atoms with Crippen LogP contribution in [0.2, 0.25) is 0 Å². The zero-order valence-corrected chi connectivity index (χ0v) is 8.43. The molecule has 3 rings (SSSR count). The minimum absolute atomic E-state index is 0.598. The molecule has 3 heteroatoms. The number of hydrazone groups is 1. The van der Waals surface area contributed by atoms with Crippen LogP contribution in [0, 0.1) is 11.8 Å². The normalized spacial score (nSPS) is 30.0. The highest BCUT2D eigenvalue weighted by Gasteiger charge is 2.37. The molecule has 1 N–H and O–H groups in total. The van der Waals surface area contributed by atoms with Crippen molar-refractivity contribution in [3.8, 4) is 0 Å². The summed E-state index contributed by atoms with van der Waals surface area (Å²) in [5.41, 5.74) is 4.27. The van der Waals surface area contributed by atoms with E-state index in [2.05, 4.69) is 27.7 Å². The molecule has 0 aromatic carbocycles. The van der Waals surface area contributed by atoms with Gasteiger partial charge in [0.2, 0.25) is 0 Å². The van der Waals surface area contributed by atoms with Crippen molar-refractivity contribution in [3.63, 3.8) is 0 Å². The molecule has 1 heterocycles. The molecule has 1 fully saturated rings. The van der Waals surface area contributed by atoms with Crippen molar-refractivity contribution in [3.05, 3.63) is 36.5 Å². The lowest BCUT2D eigenvalue weighted by atomic mass is 9.74. The van der Waals surface area contributed by atoms with Crippen LogP contribution in [0.3, 0.4) is 0 Å². The molecule has 0 aliphatic heterocycles. The maximum Gasteiger partial charge on any atom is 0.146 e. The van der Waals surface area contributed by atoms with Gasteiger partial charge in [-0.2, -0.15) is 5.10 Å². The molecular formula is C12H13N3. The fourth-order valence-electron chi connectivity index (χ4n) is 2.22. The van der Waals surface area contributed by atoms with Gasteiger partial charge in [0.15, 0.2) is 0 Å². The number of fused-ring (bicyclic) bond motifs is 1. The topological polar surface area (TPSA) is 37.3 Å². The van der Waals surface area contributed by atoms with Crippen LogP contribution >= 0.6 is 0 Å². The van der Waals surface area contributed by atoms with Gasteiger partial charge in [0.1, 0.15) is 5.82 Å². The van der Waals surface area contributed by atoms with Crippen LogP contribution in [-0.2, 0) is 0 Å². The predicted molar refractivity (Wildman–Crippen MR) is 60.6 cm³/mol. The molecule has 2 aliphatic rings. The van der Waals surface area contributed by atoms with Crippen molar-refractivity contribution in [2.24, 2.45) is 16.9 Å². The van der Waals surface area contributed by atoms with E-state index in [0.717, 1.165) is 18.2 Å². The number of pyridine rings is 1. The zero-order chi connectivity index (χ0) is 10.1. The van der Waals surface area contributed by atoms with Crippen LogP contribution < -0.4 is 5.43 Å². The second-order valence-electron chi connectivity index (χ2n) is 4.08. The smallest absolute Gasteiger partial charge is 0.146 e. The third-order valence-corrected chi connectivity index (χ3v) is 3.13. The molecule has 0 saturated heterocycles. The van der Waals surface area contributed by atoms with Gasteiger partial charge in [-0.3, -0.25) is 5.43 Å². The van der Waals surface area contributed by atoms with E-state index in [1.807, 2.05) is 18.2 Å². The molecule has 1 aromatic rings. The molecule has 0 radical (unpaired) electrons. The SMILES string of the molecule is C1=CC2/C(=N\Nc3ccccn3)CC2C1. The van der Waals surface area contributed by atoms with Gasteiger partial charge < -0.3 is 0 Å². The Morgan fingerprint density at radius 1 is 1.40 bits per heavy atom. The first-order chi connectivity index (χ1) is 7.43. The van der Waals surface area contributed by atoms with Gasteiger partial charge in [0.25, 0.3) is 0 Å². The Kier molecular flexibility index (Phi) is 2.02. The summed E-state index contributed by atoms with van der Waals surface area (Å²) in [4.78, 5) is 4.16. The number of hydrogen-bond acceptors (Lipinski definition) is 3. The van der Waals surface area contributed by atoms with Crippen molar-refractivity contribution in [2.45, 2.75) is 12.8 Å². The molecule has 3 nitrogen and oxygen atoms in total. The van der Waals surface area contributed by atoms with Crippen LogP contribution in [0.25, 0.3) is 0 Å². The number of rotatable bonds is 2. The van der Waals surface area contributed by atoms with Crippen molar-refractivity contribution in [1.29, 1.82) is 0 Å². The van der Waals surface area contributed by atoms with E-state index in [-0.39, 0.29) is 0 Å². The van der Waals surface area contributed by atoms with Crippen LogP contribution in [-0.4, -0.2) is 10.7 Å². The van der Waals surface area contributed by atoms with E-state index in [9.17, 15) is 0 Å². The first-order valence-corrected chi connectivity index (χ1v) is 5.33. The number of anilines is 1. The van der Waals surface area contributed by atoms with Gasteiger partial charge in [-0.25, -0.2) is 4.98 Å². The third-order valence-electron chi connectivity index (χ3n) is 3.13. The summed E-state index contributed by atoms with van der Waals surface area (Å²) in [7, 11) is 0. The first kappa shape index (κ1) is 8.65. The Hall–Kier alpha value is -1.64. The lowest BCUT2D eigenvalue weighted by Crippen LogP contribution is -2.33. The average molecular weight is 199 g/mol. The number of aromatic nitrogens is 1. The summed E-state index contributed by atoms with van der Waals surface area (Å²) >= 11 is 0. The molecule has 15 heavy (non-hydrogen) atoms. The van der Waals surface area contributed by atoms with Crippen molar-refractivity contribution >= 4 is 11.5 Å². The summed E-state index contributed by atoms with van der Waals surface area (Å²) in [6.07, 6.45) is 8.66. The molecule has 0 bridgehead atoms. The van der Waals surface area contributed by atoms with Gasteiger partial charge in [-0.15, -0.1) is 0 Å². The van der Waals surface area contributed by atoms with E-state index < -0.39 is 0 Å². The Morgan fingerprint density at radius 3 is 3.20 bits per heavy atom. The Labute approximate surface area is 88.9 Å². The molecule has 76 valence electrons. The van der Waals surface area contributed by atoms with E-state index >= 15 is 0 Å². The van der Waals surface area contributed by atoms with Gasteiger partial charge in [0.05, 0.1) is 0 Å². The molecule has 2 aliphatic carbocycles. The van der Waals surface area contributed by atoms with Gasteiger partial charge in [-0.1, -0.05) is 18.2 Å². The second-order valence-corrected chi connectivity index (χ2v) is 4.08. The zero-order valence-electron chi connectivity index (χ0n) is 8.43. The highest BCUT2D eigenvalue weighted by molar-refractivity contribution is 5.95. The highest BCUT2D eigenvalue weighted by Crippen LogP contribution is 2.40. The van der Waals surface area contributed by atoms with Crippen molar-refractivity contribution < 1.29 is 0 Å². The molecule has 2 unspecified atom stereocenters. The largest absolute Gasteiger partial charge is 0.261 e. The molecule has 0 spiro atoms. The van der Waals surface area contributed by atoms with Crippen LogP contribution in [0.1, 0.15) is 12.8 Å². The van der Waals surface area contributed by atoms with E-state index in [0.29, 0.717) is 5.92 Å². The minimum atomic E-state index is 0.598. The van der Waals surface area contributed by atoms with Gasteiger partial charge in [-0.05, 0) is 30.9 Å². The van der Waals surface area contributed by atoms with Gasteiger partial charge >= 0.3 is 0 Å². The second kappa shape index (κ2) is 3.50. The maximum atomic E-state index is 4.40. The molecular weight excluding hydrogens is 186 g/mol. The fraction of sp³-hybridized carbons (Fsp3) is 0.333. The number of allylic oxidation sites excluding steroid dienone is 2. The van der Waals surface area contributed by atoms with Gasteiger partial charge in [0, 0.05) is 17.8 Å². The Morgan fingerprint density at radius 2 is 2.40 bits per heavy atom. The summed E-state index contributed by atoms with van der Waals surface area (Å²) in [5, 5.41) is 4.40. The van der Waals surface area contributed by atoms with Crippen LogP contribution in [0.5, 0.6) is 0 Å². The summed E-state index contributed by atoms with van der Waals surface area (Å²) in [6, 6.07) is 5.77. The Bertz CT molecular complexity index is 408. The average Bonchev–Trinajstić information content (AvgIpc) is 2.62. The van der Waals surface area contributed by atoms with Crippen LogP contribution in [0.4, 0.5) is 5.82 Å². The Balaban J connectivity index is 1.67. The summed E-state index contributed by atoms with van der Waals surface area (Å²) in [5.74, 6) is 2.24. The first-order valence-electron chi connectivity index (χ1n) is 5.33. The summed E-state index contributed by atoms with van der Waals surface area (Å²) < 4.78 is 0. The van der Waals surface area contributed by atoms with Crippen molar-refractivity contribution in [1.82, 2.24) is 4.98 Å². The highest BCUT2D eigenvalue weighted by atomic mass is 15.3. The number of nitrogens with one attached hydrogen (secondary N) is 1. The fourth-order valence-corrected chi connectivity index (χ4v) is 2.22. The van der Waals surface area contributed by atoms with Crippen LogP contribution in [0.15, 0.2) is 41.6 Å². The molecule has 1 aromatic heterocycles. The van der Waals surface area contributed by atoms with E-state index in [1.54, 1.807) is 6.20 Å². The van der Waals surface area contributed by atoms with E-state index in [1.165, 1.54) is 12.1 Å². The molecule has 1 saturated carbocycles. The van der Waals surface area contributed by atoms with Crippen molar-refractivity contribution in [2.75, 3.05) is 5.43 Å². The molecule has 0 amide bonds. The molecule has 2 atom stereocenters. The van der Waals surface area contributed by atoms with E-state index in [4.69, 9.17) is 0 Å². The maximum absolute atomic E-state index is 4.40. The third kappa shape index (κ3) is 1.54. The minimum Gasteiger partial charge on any atom is -0.261 e. The monoisotopic (exact) mass is 199 g/mol. The number of hydrogen-bond donors (Lipinski definition) is 1. The lowest BCUT2D eigenvalue weighted by Gasteiger charge is -2.31. The quantitative estimate of drug-likeness (QED) is 0.586. The summed E-state index contributed by atoms with van der Waals surface area (Å²) in [6.45, 7) is 0. The standard InChI is InChI=1S/C12H13N3/c1-2-7-13-12(6-1)15-14-11-8-9-4-3-5-10(9)11/h1-3,5-7,9-10H,4,8H2,(H,13,15)/b14-11-. The lowest BCUT2D eigenvalue weighted by molar-refractivity contribution is 0.447.